The molecule has 0 fully saturated rings. The fourth-order valence-corrected chi connectivity index (χ4v) is 4.45. The van der Waals surface area contributed by atoms with Gasteiger partial charge in [0.15, 0.2) is 0 Å². The maximum Gasteiger partial charge on any atom is 0.344 e. The van der Waals surface area contributed by atoms with Crippen LogP contribution in [0.2, 0.25) is 5.02 Å². The first-order valence-corrected chi connectivity index (χ1v) is 11.7. The molecule has 182 valence electrons. The number of carbonyl (C=O) groups is 2. The van der Waals surface area contributed by atoms with Crippen LogP contribution in [0.3, 0.4) is 0 Å². The first-order chi connectivity index (χ1) is 17.3. The van der Waals surface area contributed by atoms with Crippen LogP contribution in [-0.2, 0) is 9.53 Å². The molecule has 1 N–H and O–H groups in total. The molecule has 11 heteroatoms. The molecule has 0 saturated carbocycles. The van der Waals surface area contributed by atoms with Gasteiger partial charge in [-0.15, -0.1) is 0 Å². The summed E-state index contributed by atoms with van der Waals surface area (Å²) in [5.41, 5.74) is 0.473. The number of benzene rings is 2. The lowest BCUT2D eigenvalue weighted by Gasteiger charge is -2.04. The molecule has 1 aromatic heterocycles. The van der Waals surface area contributed by atoms with E-state index in [2.05, 4.69) is 4.99 Å². The zero-order chi connectivity index (χ0) is 25.8. The summed E-state index contributed by atoms with van der Waals surface area (Å²) in [7, 11) is 0. The van der Waals surface area contributed by atoms with Gasteiger partial charge < -0.3 is 14.3 Å². The van der Waals surface area contributed by atoms with Crippen molar-refractivity contribution in [1.82, 2.24) is 0 Å². The Morgan fingerprint density at radius 1 is 1.17 bits per heavy atom. The predicted octanol–water partition coefficient (Wildman–Crippen LogP) is 6.21. The smallest absolute Gasteiger partial charge is 0.344 e. The van der Waals surface area contributed by atoms with E-state index >= 15 is 0 Å². The van der Waals surface area contributed by atoms with E-state index < -0.39 is 22.6 Å². The fraction of sp³-hybridized carbons (Fsp3) is 0.0800. The lowest BCUT2D eigenvalue weighted by molar-refractivity contribution is -0.384. The van der Waals surface area contributed by atoms with E-state index in [9.17, 15) is 24.8 Å². The normalized spacial score (nSPS) is 15.5. The summed E-state index contributed by atoms with van der Waals surface area (Å²) in [5, 5.41) is 21.8. The summed E-state index contributed by atoms with van der Waals surface area (Å²) in [6.07, 6.45) is 1.48. The Morgan fingerprint density at radius 2 is 1.89 bits per heavy atom. The number of carbonyl (C=O) groups excluding carboxylic acids is 2. The van der Waals surface area contributed by atoms with Crippen LogP contribution in [0.5, 0.6) is 0 Å². The summed E-state index contributed by atoms with van der Waals surface area (Å²) in [4.78, 5) is 39.9. The molecule has 36 heavy (non-hydrogen) atoms. The van der Waals surface area contributed by atoms with Gasteiger partial charge in [0.1, 0.15) is 27.9 Å². The number of ether oxygens (including phenoxy) is 1. The van der Waals surface area contributed by atoms with Crippen LogP contribution < -0.4 is 0 Å². The van der Waals surface area contributed by atoms with Crippen LogP contribution in [-0.4, -0.2) is 33.6 Å². The minimum Gasteiger partial charge on any atom is -0.506 e. The number of nitro groups is 1. The summed E-state index contributed by atoms with van der Waals surface area (Å²) < 4.78 is 10.8. The molecule has 0 aliphatic carbocycles. The second-order valence-corrected chi connectivity index (χ2v) is 8.70. The summed E-state index contributed by atoms with van der Waals surface area (Å²) in [5.74, 6) is -1.15. The van der Waals surface area contributed by atoms with Crippen LogP contribution in [0.25, 0.3) is 17.4 Å². The van der Waals surface area contributed by atoms with Crippen LogP contribution >= 0.6 is 23.4 Å². The van der Waals surface area contributed by atoms with Crippen LogP contribution in [0.4, 0.5) is 5.69 Å². The number of esters is 1. The van der Waals surface area contributed by atoms with Crippen molar-refractivity contribution in [3.05, 3.63) is 103 Å². The number of rotatable bonds is 6. The lowest BCUT2D eigenvalue weighted by atomic mass is 10.1. The topological polar surface area (TPSA) is 132 Å². The Kier molecular flexibility index (Phi) is 7.37. The first-order valence-electron chi connectivity index (χ1n) is 10.5. The molecule has 0 radical (unpaired) electrons. The molecule has 0 spiro atoms. The quantitative estimate of drug-likeness (QED) is 0.228. The number of aliphatic hydroxyl groups is 1. The van der Waals surface area contributed by atoms with Gasteiger partial charge in [-0.2, -0.15) is 0 Å². The number of furan rings is 1. The van der Waals surface area contributed by atoms with E-state index in [0.29, 0.717) is 17.1 Å². The number of hydrogen-bond donors (Lipinski definition) is 1. The van der Waals surface area contributed by atoms with E-state index in [1.54, 1.807) is 49.4 Å². The van der Waals surface area contributed by atoms with E-state index in [1.165, 1.54) is 24.3 Å². The van der Waals surface area contributed by atoms with Gasteiger partial charge in [-0.05, 0) is 49.4 Å². The van der Waals surface area contributed by atoms with Gasteiger partial charge in [0.05, 0.1) is 27.0 Å². The average Bonchev–Trinajstić information content (AvgIpc) is 3.44. The van der Waals surface area contributed by atoms with E-state index in [1.807, 2.05) is 0 Å². The molecule has 2 aromatic carbocycles. The minimum atomic E-state index is -0.831. The number of aliphatic hydroxyl groups excluding tert-OH is 1. The Balaban J connectivity index is 1.66. The maximum atomic E-state index is 12.7. The van der Waals surface area contributed by atoms with Gasteiger partial charge in [0, 0.05) is 17.7 Å². The van der Waals surface area contributed by atoms with E-state index in [0.717, 1.165) is 11.8 Å². The lowest BCUT2D eigenvalue weighted by Crippen LogP contribution is -2.14. The molecular formula is C25H17ClN2O7S. The molecule has 2 heterocycles. The minimum absolute atomic E-state index is 0.0377. The number of halogens is 1. The molecule has 0 bridgehead atoms. The summed E-state index contributed by atoms with van der Waals surface area (Å²) in [6.45, 7) is 1.67. The number of non-ortho nitro benzene ring substituents is 1. The van der Waals surface area contributed by atoms with Crippen molar-refractivity contribution in [2.24, 2.45) is 4.99 Å². The molecule has 0 atom stereocenters. The molecule has 0 unspecified atom stereocenters. The zero-order valence-corrected chi connectivity index (χ0v) is 20.2. The maximum absolute atomic E-state index is 12.7. The standard InChI is InChI=1S/C25H17ClN2O7S/c1-2-34-25(31)21-22(29)20(36-24(21)27-23(30)17-5-3-4-6-18(17)26)13-16-11-12-19(35-16)14-7-9-15(10-8-14)28(32)33/h3-13,29H,2H2,1H3/b20-13-,27-24?. The van der Waals surface area contributed by atoms with E-state index in [-0.39, 0.29) is 38.4 Å². The van der Waals surface area contributed by atoms with Crippen molar-refractivity contribution in [2.45, 2.75) is 6.92 Å². The number of nitro benzene ring substituents is 1. The van der Waals surface area contributed by atoms with Crippen molar-refractivity contribution in [1.29, 1.82) is 0 Å². The second-order valence-electron chi connectivity index (χ2n) is 7.26. The number of aliphatic imine (C=N–C) groups is 1. The highest BCUT2D eigenvalue weighted by atomic mass is 35.5. The van der Waals surface area contributed by atoms with Crippen molar-refractivity contribution in [3.63, 3.8) is 0 Å². The number of nitrogens with zero attached hydrogens (tertiary/aromatic N) is 2. The molecule has 9 nitrogen and oxygen atoms in total. The van der Waals surface area contributed by atoms with Crippen molar-refractivity contribution in [2.75, 3.05) is 6.61 Å². The van der Waals surface area contributed by atoms with Crippen LogP contribution in [0.15, 0.2) is 86.3 Å². The van der Waals surface area contributed by atoms with Crippen molar-refractivity contribution >= 4 is 52.0 Å². The highest BCUT2D eigenvalue weighted by Gasteiger charge is 2.34. The SMILES string of the molecule is CCOC(=O)C1=C(O)/C(=C/c2ccc(-c3ccc([N+](=O)[O-])cc3)o2)SC1=NC(=O)c1ccccc1Cl. The van der Waals surface area contributed by atoms with Gasteiger partial charge in [-0.3, -0.25) is 14.9 Å². The average molecular weight is 525 g/mol. The monoisotopic (exact) mass is 524 g/mol. The van der Waals surface area contributed by atoms with Gasteiger partial charge in [-0.1, -0.05) is 35.5 Å². The predicted molar refractivity (Wildman–Crippen MR) is 136 cm³/mol. The molecule has 3 aromatic rings. The molecular weight excluding hydrogens is 508 g/mol. The Morgan fingerprint density at radius 3 is 2.56 bits per heavy atom. The Hall–Kier alpha value is -4.15. The first kappa shape index (κ1) is 25.0. The zero-order valence-electron chi connectivity index (χ0n) is 18.6. The third-order valence-electron chi connectivity index (χ3n) is 4.94. The third kappa shape index (κ3) is 5.24. The molecule has 1 amide bonds. The molecule has 0 saturated heterocycles. The third-order valence-corrected chi connectivity index (χ3v) is 6.29. The van der Waals surface area contributed by atoms with E-state index in [4.69, 9.17) is 20.8 Å². The molecule has 1 aliphatic rings. The van der Waals surface area contributed by atoms with Crippen molar-refractivity contribution < 1.29 is 28.8 Å². The second kappa shape index (κ2) is 10.6. The fourth-order valence-electron chi connectivity index (χ4n) is 3.24. The number of hydrogen-bond acceptors (Lipinski definition) is 8. The number of thioether (sulfide) groups is 1. The number of amides is 1. The highest BCUT2D eigenvalue weighted by Crippen LogP contribution is 2.40. The van der Waals surface area contributed by atoms with Gasteiger partial charge >= 0.3 is 5.97 Å². The Labute approximate surface area is 213 Å². The van der Waals surface area contributed by atoms with Gasteiger partial charge in [0.2, 0.25) is 0 Å². The molecule has 1 aliphatic heterocycles. The van der Waals surface area contributed by atoms with Gasteiger partial charge in [0.25, 0.3) is 11.6 Å². The van der Waals surface area contributed by atoms with Crippen LogP contribution in [0.1, 0.15) is 23.0 Å². The summed E-state index contributed by atoms with van der Waals surface area (Å²) in [6, 6.07) is 15.5. The Bertz CT molecular complexity index is 1460. The summed E-state index contributed by atoms with van der Waals surface area (Å²) >= 11 is 6.99. The highest BCUT2D eigenvalue weighted by molar-refractivity contribution is 8.18. The van der Waals surface area contributed by atoms with Gasteiger partial charge in [-0.25, -0.2) is 9.79 Å². The largest absolute Gasteiger partial charge is 0.506 e. The van der Waals surface area contributed by atoms with Crippen molar-refractivity contribution in [3.8, 4) is 11.3 Å². The molecule has 4 rings (SSSR count). The van der Waals surface area contributed by atoms with Crippen LogP contribution in [0, 0.1) is 10.1 Å².